The zero-order valence-corrected chi connectivity index (χ0v) is 24.0. The number of sulfonamides is 1. The first-order valence-electron chi connectivity index (χ1n) is 13.0. The van der Waals surface area contributed by atoms with Crippen LogP contribution in [0.5, 0.6) is 0 Å². The Morgan fingerprint density at radius 3 is 2.12 bits per heavy atom. The van der Waals surface area contributed by atoms with Crippen molar-refractivity contribution in [3.63, 3.8) is 0 Å². The van der Waals surface area contributed by atoms with E-state index in [0.717, 1.165) is 38.8 Å². The van der Waals surface area contributed by atoms with Gasteiger partial charge in [0.25, 0.3) is 5.89 Å². The second kappa shape index (κ2) is 14.2. The smallest absolute Gasteiger partial charge is 0.414 e. The van der Waals surface area contributed by atoms with Gasteiger partial charge in [-0.05, 0) is 44.7 Å². The Hall–Kier alpha value is -3.82. The minimum Gasteiger partial charge on any atom is -0.478 e. The quantitative estimate of drug-likeness (QED) is 0.447. The number of carbonyl (C=O) groups is 3. The van der Waals surface area contributed by atoms with Crippen LogP contribution in [0.15, 0.2) is 40.9 Å². The van der Waals surface area contributed by atoms with E-state index < -0.39 is 28.1 Å². The molecule has 224 valence electrons. The van der Waals surface area contributed by atoms with Crippen molar-refractivity contribution >= 4 is 33.7 Å². The van der Waals surface area contributed by atoms with Gasteiger partial charge in [-0.3, -0.25) is 4.90 Å². The summed E-state index contributed by atoms with van der Waals surface area (Å²) in [4.78, 5) is 40.1. The fourth-order valence-electron chi connectivity index (χ4n) is 4.71. The largest absolute Gasteiger partial charge is 0.478 e. The minimum atomic E-state index is -3.11. The Balaban J connectivity index is 0.000000507. The van der Waals surface area contributed by atoms with Gasteiger partial charge in [-0.25, -0.2) is 27.1 Å². The maximum atomic E-state index is 12.9. The summed E-state index contributed by atoms with van der Waals surface area (Å²) in [6, 6.07) is 7.74. The molecule has 1 amide bonds. The van der Waals surface area contributed by atoms with E-state index in [2.05, 4.69) is 15.0 Å². The van der Waals surface area contributed by atoms with Gasteiger partial charge in [0.05, 0.1) is 17.5 Å². The van der Waals surface area contributed by atoms with Crippen LogP contribution in [-0.4, -0.2) is 108 Å². The molecule has 2 fully saturated rings. The molecule has 0 atom stereocenters. The molecular formula is C26H35N5O9S. The van der Waals surface area contributed by atoms with Gasteiger partial charge in [0, 0.05) is 51.4 Å². The average molecular weight is 594 g/mol. The number of rotatable bonds is 7. The lowest BCUT2D eigenvalue weighted by Crippen LogP contribution is -2.50. The number of likely N-dealkylation sites (tertiary alicyclic amines) is 1. The van der Waals surface area contributed by atoms with Crippen molar-refractivity contribution in [2.45, 2.75) is 44.8 Å². The highest BCUT2D eigenvalue weighted by atomic mass is 32.2. The van der Waals surface area contributed by atoms with Crippen molar-refractivity contribution in [2.75, 3.05) is 44.4 Å². The maximum Gasteiger partial charge on any atom is 0.414 e. The van der Waals surface area contributed by atoms with Gasteiger partial charge in [0.15, 0.2) is 5.82 Å². The number of aromatic nitrogens is 2. The van der Waals surface area contributed by atoms with E-state index >= 15 is 0 Å². The summed E-state index contributed by atoms with van der Waals surface area (Å²) in [5.74, 6) is -1.63. The summed E-state index contributed by atoms with van der Waals surface area (Å²) in [6.45, 7) is 4.56. The van der Waals surface area contributed by atoms with Crippen molar-refractivity contribution in [1.29, 1.82) is 0 Å². The average Bonchev–Trinajstić information content (AvgIpc) is 3.38. The van der Waals surface area contributed by atoms with Gasteiger partial charge in [-0.1, -0.05) is 17.3 Å². The number of carboxylic acid groups (broad SMARTS) is 2. The lowest BCUT2D eigenvalue weighted by atomic mass is 10.00. The van der Waals surface area contributed by atoms with E-state index in [1.54, 1.807) is 18.3 Å². The molecule has 2 N–H and O–H groups in total. The molecule has 14 nitrogen and oxygen atoms in total. The van der Waals surface area contributed by atoms with Gasteiger partial charge in [0.1, 0.15) is 6.10 Å². The highest BCUT2D eigenvalue weighted by Crippen LogP contribution is 2.30. The molecule has 0 unspecified atom stereocenters. The second-order valence-electron chi connectivity index (χ2n) is 9.75. The summed E-state index contributed by atoms with van der Waals surface area (Å²) in [5, 5.41) is 19.5. The fraction of sp³-hybridized carbons (Fsp3) is 0.500. The Morgan fingerprint density at radius 1 is 1.02 bits per heavy atom. The third-order valence-corrected chi connectivity index (χ3v) is 8.12. The van der Waals surface area contributed by atoms with Crippen LogP contribution >= 0.6 is 0 Å². The van der Waals surface area contributed by atoms with Gasteiger partial charge in [-0.15, -0.1) is 0 Å². The molecule has 4 rings (SSSR count). The Morgan fingerprint density at radius 2 is 1.61 bits per heavy atom. The number of ether oxygens (including phenoxy) is 1. The van der Waals surface area contributed by atoms with Crippen LogP contribution in [-0.2, 0) is 24.3 Å². The lowest BCUT2D eigenvalue weighted by Gasteiger charge is -2.41. The summed E-state index contributed by atoms with van der Waals surface area (Å²) in [6.07, 6.45) is 5.02. The molecular weight excluding hydrogens is 558 g/mol. The molecule has 0 aliphatic carbocycles. The maximum absolute atomic E-state index is 12.9. The fourth-order valence-corrected chi connectivity index (χ4v) is 5.59. The second-order valence-corrected chi connectivity index (χ2v) is 11.7. The molecule has 0 bridgehead atoms. The number of carboxylic acids is 2. The highest BCUT2D eigenvalue weighted by Gasteiger charge is 2.32. The van der Waals surface area contributed by atoms with E-state index in [9.17, 15) is 22.8 Å². The number of para-hydroxylation sites is 1. The number of hydrogen-bond acceptors (Lipinski definition) is 10. The highest BCUT2D eigenvalue weighted by molar-refractivity contribution is 7.88. The van der Waals surface area contributed by atoms with Crippen molar-refractivity contribution in [3.8, 4) is 11.5 Å². The summed E-state index contributed by atoms with van der Waals surface area (Å²) in [7, 11) is -1.44. The summed E-state index contributed by atoms with van der Waals surface area (Å²) < 4.78 is 36.1. The number of amides is 1. The van der Waals surface area contributed by atoms with Crippen molar-refractivity contribution in [2.24, 2.45) is 0 Å². The van der Waals surface area contributed by atoms with E-state index in [1.807, 2.05) is 24.3 Å². The SMILES string of the molecule is Cc1noc(-c2ccccc2N(C)C(=O)OC2CCN(C3CCN(S(C)(=O)=O)CC3)CC2)n1.O=C(O)/C=C\C(=O)O. The first kappa shape index (κ1) is 31.7. The Bertz CT molecular complexity index is 1330. The van der Waals surface area contributed by atoms with Crippen LogP contribution in [0.2, 0.25) is 0 Å². The number of anilines is 1. The van der Waals surface area contributed by atoms with Gasteiger partial charge in [-0.2, -0.15) is 4.98 Å². The van der Waals surface area contributed by atoms with E-state index in [1.165, 1.54) is 11.2 Å². The monoisotopic (exact) mass is 593 g/mol. The molecule has 0 radical (unpaired) electrons. The minimum absolute atomic E-state index is 0.148. The molecule has 2 aromatic rings. The van der Waals surface area contributed by atoms with Crippen LogP contribution in [0, 0.1) is 6.92 Å². The van der Waals surface area contributed by atoms with E-state index in [-0.39, 0.29) is 6.10 Å². The van der Waals surface area contributed by atoms with Gasteiger partial charge < -0.3 is 24.4 Å². The topological polar surface area (TPSA) is 184 Å². The molecule has 1 aromatic carbocycles. The standard InChI is InChI=1S/C22H31N5O5S.C4H4O4/c1-16-23-21(32-24-16)19-6-4-5-7-20(19)25(2)22(28)31-18-10-12-26(13-11-18)17-8-14-27(15-9-17)33(3,29)30;5-3(6)1-2-4(7)8/h4-7,17-18H,8-15H2,1-3H3;1-2H,(H,5,6)(H,7,8)/b;2-1-. The number of benzene rings is 1. The predicted molar refractivity (Wildman–Crippen MR) is 148 cm³/mol. The van der Waals surface area contributed by atoms with Crippen LogP contribution in [0.4, 0.5) is 10.5 Å². The third-order valence-electron chi connectivity index (χ3n) is 6.82. The van der Waals surface area contributed by atoms with Crippen molar-refractivity contribution in [3.05, 3.63) is 42.2 Å². The Labute approximate surface area is 238 Å². The number of aliphatic carboxylic acids is 2. The molecule has 0 saturated carbocycles. The zero-order chi connectivity index (χ0) is 30.2. The first-order chi connectivity index (χ1) is 19.3. The summed E-state index contributed by atoms with van der Waals surface area (Å²) >= 11 is 0. The third kappa shape index (κ3) is 9.37. The van der Waals surface area contributed by atoms with E-state index in [0.29, 0.717) is 54.2 Å². The van der Waals surface area contributed by atoms with Crippen molar-refractivity contribution in [1.82, 2.24) is 19.3 Å². The summed E-state index contributed by atoms with van der Waals surface area (Å²) in [5.41, 5.74) is 1.31. The van der Waals surface area contributed by atoms with Crippen LogP contribution in [0.3, 0.4) is 0 Å². The van der Waals surface area contributed by atoms with Gasteiger partial charge in [0.2, 0.25) is 10.0 Å². The van der Waals surface area contributed by atoms with E-state index in [4.69, 9.17) is 19.5 Å². The zero-order valence-electron chi connectivity index (χ0n) is 23.2. The molecule has 2 aliphatic rings. The molecule has 41 heavy (non-hydrogen) atoms. The normalized spacial score (nSPS) is 17.5. The van der Waals surface area contributed by atoms with Crippen LogP contribution < -0.4 is 4.90 Å². The molecule has 15 heteroatoms. The number of piperidine rings is 2. The molecule has 0 spiro atoms. The number of carbonyl (C=O) groups excluding carboxylic acids is 1. The molecule has 1 aromatic heterocycles. The van der Waals surface area contributed by atoms with Gasteiger partial charge >= 0.3 is 18.0 Å². The lowest BCUT2D eigenvalue weighted by molar-refractivity contribution is -0.134. The first-order valence-corrected chi connectivity index (χ1v) is 14.9. The van der Waals surface area contributed by atoms with Crippen LogP contribution in [0.1, 0.15) is 31.5 Å². The predicted octanol–water partition coefficient (Wildman–Crippen LogP) is 2.22. The molecule has 2 aliphatic heterocycles. The van der Waals surface area contributed by atoms with Crippen molar-refractivity contribution < 1.29 is 42.3 Å². The number of hydrogen-bond donors (Lipinski definition) is 2. The number of nitrogens with zero attached hydrogens (tertiary/aromatic N) is 5. The Kier molecular flexibility index (Phi) is 11.0. The molecule has 2 saturated heterocycles. The molecule has 3 heterocycles. The van der Waals surface area contributed by atoms with Crippen LogP contribution in [0.25, 0.3) is 11.5 Å². The number of aryl methyl sites for hydroxylation is 1.